The molecule has 0 radical (unpaired) electrons. The molecule has 0 aliphatic carbocycles. The fourth-order valence-electron chi connectivity index (χ4n) is 3.45. The zero-order valence-corrected chi connectivity index (χ0v) is 19.4. The van der Waals surface area contributed by atoms with Gasteiger partial charge in [0.15, 0.2) is 5.58 Å². The Hall–Kier alpha value is -4.20. The van der Waals surface area contributed by atoms with Crippen LogP contribution in [0.1, 0.15) is 38.8 Å². The van der Waals surface area contributed by atoms with Crippen molar-refractivity contribution in [1.29, 1.82) is 0 Å². The Morgan fingerprint density at radius 2 is 1.85 bits per heavy atom. The lowest BCUT2D eigenvalue weighted by Gasteiger charge is -2.18. The molecule has 0 saturated heterocycles. The van der Waals surface area contributed by atoms with Crippen molar-refractivity contribution in [1.82, 2.24) is 4.98 Å². The highest BCUT2D eigenvalue weighted by molar-refractivity contribution is 5.89. The van der Waals surface area contributed by atoms with Crippen molar-refractivity contribution < 1.29 is 19.2 Å². The van der Waals surface area contributed by atoms with Crippen LogP contribution >= 0.6 is 0 Å². The summed E-state index contributed by atoms with van der Waals surface area (Å²) < 4.78 is 11.1. The summed E-state index contributed by atoms with van der Waals surface area (Å²) in [6.45, 7) is 8.39. The zero-order chi connectivity index (χ0) is 24.5. The fourth-order valence-corrected chi connectivity index (χ4v) is 3.45. The van der Waals surface area contributed by atoms with Crippen molar-refractivity contribution >= 4 is 28.7 Å². The van der Waals surface area contributed by atoms with E-state index >= 15 is 0 Å². The minimum absolute atomic E-state index is 0.0549. The van der Waals surface area contributed by atoms with E-state index in [1.54, 1.807) is 25.1 Å². The monoisotopic (exact) mass is 458 g/mol. The molecule has 0 bridgehead atoms. The van der Waals surface area contributed by atoms with E-state index in [0.29, 0.717) is 22.7 Å². The van der Waals surface area contributed by atoms with E-state index < -0.39 is 10.7 Å². The van der Waals surface area contributed by atoms with Gasteiger partial charge in [-0.2, -0.15) is 0 Å². The average molecular weight is 458 g/mol. The van der Waals surface area contributed by atoms with Crippen LogP contribution in [0.4, 0.5) is 11.4 Å². The van der Waals surface area contributed by atoms with Gasteiger partial charge in [0, 0.05) is 17.8 Å². The second-order valence-electron chi connectivity index (χ2n) is 8.81. The molecule has 0 unspecified atom stereocenters. The predicted octanol–water partition coefficient (Wildman–Crippen LogP) is 5.92. The minimum Gasteiger partial charge on any atom is -0.870 e. The maximum Gasteiger partial charge on any atom is 0.273 e. The first kappa shape index (κ1) is 23.0. The number of hydrogen-bond donors (Lipinski definition) is 0. The number of hydrogen-bond acceptors (Lipinski definition) is 7. The van der Waals surface area contributed by atoms with Gasteiger partial charge in [-0.15, -0.1) is 0 Å². The van der Waals surface area contributed by atoms with Gasteiger partial charge in [-0.3, -0.25) is 15.1 Å². The number of nitrogens with zero attached hydrogens (tertiary/aromatic N) is 3. The van der Waals surface area contributed by atoms with Crippen LogP contribution in [-0.4, -0.2) is 22.7 Å². The van der Waals surface area contributed by atoms with Gasteiger partial charge in [-0.25, -0.2) is 4.98 Å². The minimum atomic E-state index is -0.573. The van der Waals surface area contributed by atoms with Crippen LogP contribution < -0.4 is 9.84 Å². The second-order valence-corrected chi connectivity index (χ2v) is 8.81. The van der Waals surface area contributed by atoms with Crippen molar-refractivity contribution in [2.45, 2.75) is 33.1 Å². The Balaban J connectivity index is 1.64. The van der Waals surface area contributed by atoms with Crippen LogP contribution in [0.3, 0.4) is 0 Å². The van der Waals surface area contributed by atoms with E-state index in [1.165, 1.54) is 17.8 Å². The number of oxazole rings is 1. The molecule has 3 aromatic carbocycles. The Morgan fingerprint density at radius 3 is 2.50 bits per heavy atom. The van der Waals surface area contributed by atoms with Gasteiger partial charge in [-0.05, 0) is 53.8 Å². The number of ether oxygens (including phenoxy) is 1. The van der Waals surface area contributed by atoms with Crippen molar-refractivity contribution in [2.24, 2.45) is 4.99 Å². The Kier molecular flexibility index (Phi) is 6.06. The van der Waals surface area contributed by atoms with E-state index in [1.807, 2.05) is 12.1 Å². The highest BCUT2D eigenvalue weighted by atomic mass is 16.6. The van der Waals surface area contributed by atoms with Gasteiger partial charge < -0.3 is 14.3 Å². The standard InChI is InChI=1S/C26H25N3O5/c1-5-33-23-14-20(29(31)32)12-17(24(23)30)15-27-19-10-11-22-21(13-19)28-25(34-22)16-6-8-18(9-7-16)26(2,3)4/h6-15,30H,5H2,1-4H3/p-1. The number of non-ortho nitro benzene ring substituents is 1. The number of benzene rings is 3. The van der Waals surface area contributed by atoms with E-state index in [9.17, 15) is 15.2 Å². The molecule has 174 valence electrons. The van der Waals surface area contributed by atoms with Crippen molar-refractivity contribution in [3.8, 4) is 23.0 Å². The first-order valence-electron chi connectivity index (χ1n) is 10.8. The average Bonchev–Trinajstić information content (AvgIpc) is 3.22. The Labute approximate surface area is 196 Å². The number of aliphatic imine (C=N–C) groups is 1. The third kappa shape index (κ3) is 4.76. The molecule has 0 aliphatic rings. The first-order valence-corrected chi connectivity index (χ1v) is 10.8. The van der Waals surface area contributed by atoms with Gasteiger partial charge in [0.25, 0.3) is 5.69 Å². The van der Waals surface area contributed by atoms with Crippen LogP contribution in [0.25, 0.3) is 22.6 Å². The number of nitro benzene ring substituents is 1. The van der Waals surface area contributed by atoms with Crippen LogP contribution in [0, 0.1) is 10.1 Å². The number of aromatic nitrogens is 1. The molecule has 0 aliphatic heterocycles. The molecule has 0 amide bonds. The summed E-state index contributed by atoms with van der Waals surface area (Å²) in [6, 6.07) is 15.6. The van der Waals surface area contributed by atoms with Crippen LogP contribution in [-0.2, 0) is 5.41 Å². The smallest absolute Gasteiger partial charge is 0.273 e. The molecular weight excluding hydrogens is 434 g/mol. The number of nitro groups is 1. The van der Waals surface area contributed by atoms with Crippen LogP contribution in [0.15, 0.2) is 64.0 Å². The highest BCUT2D eigenvalue weighted by Gasteiger charge is 2.15. The summed E-state index contributed by atoms with van der Waals surface area (Å²) in [4.78, 5) is 19.5. The predicted molar refractivity (Wildman–Crippen MR) is 129 cm³/mol. The van der Waals surface area contributed by atoms with E-state index in [4.69, 9.17) is 9.15 Å². The van der Waals surface area contributed by atoms with E-state index in [-0.39, 0.29) is 29.0 Å². The quantitative estimate of drug-likeness (QED) is 0.201. The third-order valence-corrected chi connectivity index (χ3v) is 5.30. The molecule has 4 rings (SSSR count). The number of fused-ring (bicyclic) bond motifs is 1. The van der Waals surface area contributed by atoms with E-state index in [2.05, 4.69) is 42.9 Å². The van der Waals surface area contributed by atoms with Crippen LogP contribution in [0.2, 0.25) is 0 Å². The first-order chi connectivity index (χ1) is 16.2. The molecule has 4 aromatic rings. The van der Waals surface area contributed by atoms with Crippen molar-refractivity contribution in [2.75, 3.05) is 6.61 Å². The third-order valence-electron chi connectivity index (χ3n) is 5.30. The largest absolute Gasteiger partial charge is 0.870 e. The maximum absolute atomic E-state index is 12.5. The lowest BCUT2D eigenvalue weighted by Crippen LogP contribution is -2.10. The second kappa shape index (κ2) is 8.97. The SMILES string of the molecule is CCOc1cc([N+](=O)[O-])cc(C=Nc2ccc3oc(-c4ccc(C(C)(C)C)cc4)nc3c2)c1[O-]. The van der Waals surface area contributed by atoms with Gasteiger partial charge in [-0.1, -0.05) is 38.7 Å². The topological polar surface area (TPSA) is 114 Å². The normalized spacial score (nSPS) is 11.9. The van der Waals surface area contributed by atoms with Gasteiger partial charge >= 0.3 is 0 Å². The molecule has 0 fully saturated rings. The zero-order valence-electron chi connectivity index (χ0n) is 19.4. The Bertz CT molecular complexity index is 1380. The maximum atomic E-state index is 12.5. The summed E-state index contributed by atoms with van der Waals surface area (Å²) >= 11 is 0. The van der Waals surface area contributed by atoms with Gasteiger partial charge in [0.1, 0.15) is 11.3 Å². The van der Waals surface area contributed by atoms with E-state index in [0.717, 1.165) is 11.6 Å². The fraction of sp³-hybridized carbons (Fsp3) is 0.231. The summed E-state index contributed by atoms with van der Waals surface area (Å²) in [7, 11) is 0. The van der Waals surface area contributed by atoms with Gasteiger partial charge in [0.05, 0.1) is 23.3 Å². The molecule has 0 saturated carbocycles. The molecule has 0 spiro atoms. The number of rotatable bonds is 6. The van der Waals surface area contributed by atoms with Gasteiger partial charge in [0.2, 0.25) is 5.89 Å². The molecule has 0 atom stereocenters. The molecule has 1 heterocycles. The Morgan fingerprint density at radius 1 is 1.12 bits per heavy atom. The lowest BCUT2D eigenvalue weighted by molar-refractivity contribution is -0.385. The molecule has 8 nitrogen and oxygen atoms in total. The van der Waals surface area contributed by atoms with Crippen LogP contribution in [0.5, 0.6) is 11.5 Å². The molecule has 8 heteroatoms. The summed E-state index contributed by atoms with van der Waals surface area (Å²) in [5, 5.41) is 23.8. The molecule has 34 heavy (non-hydrogen) atoms. The highest BCUT2D eigenvalue weighted by Crippen LogP contribution is 2.33. The molecular formula is C26H24N3O5-. The van der Waals surface area contributed by atoms with Crippen molar-refractivity contribution in [3.63, 3.8) is 0 Å². The lowest BCUT2D eigenvalue weighted by atomic mass is 9.87. The summed E-state index contributed by atoms with van der Waals surface area (Å²) in [6.07, 6.45) is 1.30. The summed E-state index contributed by atoms with van der Waals surface area (Å²) in [5.41, 5.74) is 3.71. The molecule has 0 N–H and O–H groups in total. The summed E-state index contributed by atoms with van der Waals surface area (Å²) in [5.74, 6) is -0.0367. The van der Waals surface area contributed by atoms with Crippen molar-refractivity contribution in [3.05, 3.63) is 75.8 Å². The molecule has 1 aromatic heterocycles.